The first-order valence-corrected chi connectivity index (χ1v) is 5.80. The van der Waals surface area contributed by atoms with Crippen LogP contribution in [-0.2, 0) is 4.79 Å². The summed E-state index contributed by atoms with van der Waals surface area (Å²) in [6.45, 7) is 8.31. The van der Waals surface area contributed by atoms with Gasteiger partial charge in [0, 0.05) is 6.54 Å². The lowest BCUT2D eigenvalue weighted by atomic mass is 10.1. The zero-order valence-corrected chi connectivity index (χ0v) is 10.9. The molecule has 0 aliphatic carbocycles. The van der Waals surface area contributed by atoms with E-state index in [1.807, 2.05) is 26.0 Å². The lowest BCUT2D eigenvalue weighted by Gasteiger charge is -2.11. The Balaban J connectivity index is 2.68. The minimum absolute atomic E-state index is 0.110. The fourth-order valence-corrected chi connectivity index (χ4v) is 1.91. The number of carbonyl (C=O) groups excluding carboxylic acids is 1. The van der Waals surface area contributed by atoms with E-state index in [1.165, 1.54) is 0 Å². The first-order valence-electron chi connectivity index (χ1n) is 5.42. The molecule has 3 nitrogen and oxygen atoms in total. The summed E-state index contributed by atoms with van der Waals surface area (Å²) in [6, 6.07) is 3.82. The van der Waals surface area contributed by atoms with Gasteiger partial charge in [0.1, 0.15) is 0 Å². The molecule has 0 unspecified atom stereocenters. The number of rotatable bonds is 5. The van der Waals surface area contributed by atoms with Crippen LogP contribution in [0.4, 0.5) is 5.69 Å². The second-order valence-corrected chi connectivity index (χ2v) is 4.31. The van der Waals surface area contributed by atoms with E-state index in [9.17, 15) is 4.79 Å². The zero-order chi connectivity index (χ0) is 12.8. The highest BCUT2D eigenvalue weighted by molar-refractivity contribution is 6.34. The summed E-state index contributed by atoms with van der Waals surface area (Å²) in [5, 5.41) is 6.30. The smallest absolute Gasteiger partial charge is 0.238 e. The largest absolute Gasteiger partial charge is 0.323 e. The second-order valence-electron chi connectivity index (χ2n) is 3.91. The normalized spacial score (nSPS) is 10.1. The first-order chi connectivity index (χ1) is 8.04. The van der Waals surface area contributed by atoms with Crippen LogP contribution in [0.5, 0.6) is 0 Å². The van der Waals surface area contributed by atoms with Gasteiger partial charge >= 0.3 is 0 Å². The molecule has 0 bridgehead atoms. The van der Waals surface area contributed by atoms with Crippen molar-refractivity contribution in [2.45, 2.75) is 13.8 Å². The number of anilines is 1. The van der Waals surface area contributed by atoms with Crippen LogP contribution < -0.4 is 10.6 Å². The standard InChI is InChI=1S/C13H17ClN2O/c1-4-5-15-8-12(17)16-13-10(3)6-9(2)7-11(13)14/h4,6-7,15H,1,5,8H2,2-3H3,(H,16,17). The Bertz CT molecular complexity index is 406. The zero-order valence-electron chi connectivity index (χ0n) is 10.1. The predicted molar refractivity (Wildman–Crippen MR) is 72.6 cm³/mol. The number of nitrogens with one attached hydrogen (secondary N) is 2. The summed E-state index contributed by atoms with van der Waals surface area (Å²) in [6.07, 6.45) is 1.71. The maximum Gasteiger partial charge on any atom is 0.238 e. The molecule has 1 rings (SSSR count). The van der Waals surface area contributed by atoms with E-state index in [4.69, 9.17) is 11.6 Å². The molecule has 0 aliphatic rings. The van der Waals surface area contributed by atoms with Gasteiger partial charge < -0.3 is 10.6 Å². The van der Waals surface area contributed by atoms with Crippen molar-refractivity contribution in [3.63, 3.8) is 0 Å². The van der Waals surface area contributed by atoms with Crippen molar-refractivity contribution in [1.29, 1.82) is 0 Å². The lowest BCUT2D eigenvalue weighted by Crippen LogP contribution is -2.28. The van der Waals surface area contributed by atoms with Crippen molar-refractivity contribution in [2.24, 2.45) is 0 Å². The Kier molecular flexibility index (Phi) is 5.19. The van der Waals surface area contributed by atoms with Gasteiger partial charge in [-0.25, -0.2) is 0 Å². The van der Waals surface area contributed by atoms with Crippen molar-refractivity contribution in [3.8, 4) is 0 Å². The molecular formula is C13H17ClN2O. The van der Waals surface area contributed by atoms with Gasteiger partial charge in [0.15, 0.2) is 0 Å². The van der Waals surface area contributed by atoms with Crippen LogP contribution in [0.15, 0.2) is 24.8 Å². The highest BCUT2D eigenvalue weighted by Crippen LogP contribution is 2.27. The van der Waals surface area contributed by atoms with Gasteiger partial charge in [-0.3, -0.25) is 4.79 Å². The molecule has 0 saturated heterocycles. The molecule has 0 atom stereocenters. The summed E-state index contributed by atoms with van der Waals surface area (Å²) in [5.41, 5.74) is 2.73. The summed E-state index contributed by atoms with van der Waals surface area (Å²) in [4.78, 5) is 11.6. The quantitative estimate of drug-likeness (QED) is 0.625. The monoisotopic (exact) mass is 252 g/mol. The Hall–Kier alpha value is -1.32. The maximum atomic E-state index is 11.6. The van der Waals surface area contributed by atoms with E-state index in [0.717, 1.165) is 11.1 Å². The molecule has 1 aromatic carbocycles. The van der Waals surface area contributed by atoms with E-state index in [0.29, 0.717) is 17.3 Å². The summed E-state index contributed by atoms with van der Waals surface area (Å²) in [7, 11) is 0. The van der Waals surface area contributed by atoms with Crippen LogP contribution in [0, 0.1) is 13.8 Å². The molecule has 1 aromatic rings. The summed E-state index contributed by atoms with van der Waals surface area (Å²) in [5.74, 6) is -0.110. The van der Waals surface area contributed by atoms with Crippen LogP contribution >= 0.6 is 11.6 Å². The highest BCUT2D eigenvalue weighted by Gasteiger charge is 2.08. The Labute approximate surface area is 107 Å². The van der Waals surface area contributed by atoms with E-state index < -0.39 is 0 Å². The number of benzene rings is 1. The average molecular weight is 253 g/mol. The number of carbonyl (C=O) groups is 1. The Morgan fingerprint density at radius 2 is 2.18 bits per heavy atom. The molecule has 92 valence electrons. The van der Waals surface area contributed by atoms with E-state index >= 15 is 0 Å². The van der Waals surface area contributed by atoms with Crippen molar-refractivity contribution in [2.75, 3.05) is 18.4 Å². The molecule has 0 radical (unpaired) electrons. The number of hydrogen-bond acceptors (Lipinski definition) is 2. The molecule has 1 amide bonds. The third kappa shape index (κ3) is 4.21. The minimum atomic E-state index is -0.110. The van der Waals surface area contributed by atoms with Crippen LogP contribution in [-0.4, -0.2) is 19.0 Å². The molecule has 2 N–H and O–H groups in total. The van der Waals surface area contributed by atoms with Crippen molar-refractivity contribution >= 4 is 23.2 Å². The van der Waals surface area contributed by atoms with Gasteiger partial charge in [-0.05, 0) is 31.0 Å². The number of aryl methyl sites for hydroxylation is 2. The second kappa shape index (κ2) is 6.42. The van der Waals surface area contributed by atoms with Gasteiger partial charge in [0.25, 0.3) is 0 Å². The number of halogens is 1. The third-order valence-electron chi connectivity index (χ3n) is 2.27. The topological polar surface area (TPSA) is 41.1 Å². The van der Waals surface area contributed by atoms with E-state index in [1.54, 1.807) is 6.08 Å². The predicted octanol–water partition coefficient (Wildman–Crippen LogP) is 2.67. The Morgan fingerprint density at radius 1 is 1.47 bits per heavy atom. The maximum absolute atomic E-state index is 11.6. The van der Waals surface area contributed by atoms with Gasteiger partial charge in [0.2, 0.25) is 5.91 Å². The van der Waals surface area contributed by atoms with Gasteiger partial charge in [-0.2, -0.15) is 0 Å². The summed E-state index contributed by atoms with van der Waals surface area (Å²) < 4.78 is 0. The fraction of sp³-hybridized carbons (Fsp3) is 0.308. The van der Waals surface area contributed by atoms with Crippen LogP contribution in [0.1, 0.15) is 11.1 Å². The van der Waals surface area contributed by atoms with E-state index in [2.05, 4.69) is 17.2 Å². The van der Waals surface area contributed by atoms with Gasteiger partial charge in [0.05, 0.1) is 17.3 Å². The van der Waals surface area contributed by atoms with Crippen molar-refractivity contribution < 1.29 is 4.79 Å². The molecule has 0 heterocycles. The molecule has 0 aliphatic heterocycles. The number of hydrogen-bond donors (Lipinski definition) is 2. The molecule has 0 saturated carbocycles. The van der Waals surface area contributed by atoms with Gasteiger partial charge in [-0.1, -0.05) is 23.7 Å². The molecular weight excluding hydrogens is 236 g/mol. The fourth-order valence-electron chi connectivity index (χ4n) is 1.55. The highest BCUT2D eigenvalue weighted by atomic mass is 35.5. The van der Waals surface area contributed by atoms with E-state index in [-0.39, 0.29) is 12.5 Å². The summed E-state index contributed by atoms with van der Waals surface area (Å²) >= 11 is 6.09. The van der Waals surface area contributed by atoms with Crippen LogP contribution in [0.25, 0.3) is 0 Å². The first kappa shape index (κ1) is 13.7. The molecule has 0 fully saturated rings. The van der Waals surface area contributed by atoms with Gasteiger partial charge in [-0.15, -0.1) is 6.58 Å². The Morgan fingerprint density at radius 3 is 2.76 bits per heavy atom. The molecule has 0 aromatic heterocycles. The number of amides is 1. The van der Waals surface area contributed by atoms with Crippen molar-refractivity contribution in [3.05, 3.63) is 40.9 Å². The SMILES string of the molecule is C=CCNCC(=O)Nc1c(C)cc(C)cc1Cl. The molecule has 17 heavy (non-hydrogen) atoms. The average Bonchev–Trinajstić information content (AvgIpc) is 2.24. The van der Waals surface area contributed by atoms with Crippen LogP contribution in [0.3, 0.4) is 0 Å². The minimum Gasteiger partial charge on any atom is -0.323 e. The molecule has 0 spiro atoms. The molecule has 4 heteroatoms. The van der Waals surface area contributed by atoms with Crippen molar-refractivity contribution in [1.82, 2.24) is 5.32 Å². The third-order valence-corrected chi connectivity index (χ3v) is 2.57. The van der Waals surface area contributed by atoms with Crippen LogP contribution in [0.2, 0.25) is 5.02 Å². The lowest BCUT2D eigenvalue weighted by molar-refractivity contribution is -0.115.